The predicted octanol–water partition coefficient (Wildman–Crippen LogP) is 2.41. The monoisotopic (exact) mass is 280 g/mol. The van der Waals surface area contributed by atoms with Crippen molar-refractivity contribution in [1.82, 2.24) is 24.7 Å². The van der Waals surface area contributed by atoms with E-state index in [1.807, 2.05) is 0 Å². The van der Waals surface area contributed by atoms with Crippen LogP contribution in [0, 0.1) is 11.8 Å². The average molecular weight is 281 g/mol. The molecule has 19 heavy (non-hydrogen) atoms. The second-order valence-electron chi connectivity index (χ2n) is 4.78. The molecule has 0 aliphatic heterocycles. The average Bonchev–Trinajstić information content (AvgIpc) is 2.89. The summed E-state index contributed by atoms with van der Waals surface area (Å²) in [6.45, 7) is 7.33. The third-order valence-electron chi connectivity index (χ3n) is 3.03. The molecule has 1 N–H and O–H groups in total. The summed E-state index contributed by atoms with van der Waals surface area (Å²) in [6.07, 6.45) is 3.41. The zero-order valence-corrected chi connectivity index (χ0v) is 12.0. The van der Waals surface area contributed by atoms with Crippen molar-refractivity contribution < 1.29 is 0 Å². The van der Waals surface area contributed by atoms with Crippen LogP contribution in [0.4, 0.5) is 5.95 Å². The van der Waals surface area contributed by atoms with E-state index in [2.05, 4.69) is 46.1 Å². The highest BCUT2D eigenvalue weighted by Gasteiger charge is 2.10. The van der Waals surface area contributed by atoms with E-state index in [9.17, 15) is 0 Å². The third kappa shape index (κ3) is 3.64. The largest absolute Gasteiger partial charge is 0.354 e. The molecule has 0 aliphatic rings. The Balaban J connectivity index is 2.13. The molecule has 0 spiro atoms. The zero-order valence-electron chi connectivity index (χ0n) is 11.2. The van der Waals surface area contributed by atoms with E-state index < -0.39 is 0 Å². The summed E-state index contributed by atoms with van der Waals surface area (Å²) in [5.74, 6) is 1.99. The van der Waals surface area contributed by atoms with Crippen molar-refractivity contribution in [3.05, 3.63) is 23.7 Å². The second kappa shape index (κ2) is 5.97. The molecular weight excluding hydrogens is 264 g/mol. The number of anilines is 1. The third-order valence-corrected chi connectivity index (χ3v) is 3.19. The molecule has 2 rings (SSSR count). The maximum atomic E-state index is 5.90. The summed E-state index contributed by atoms with van der Waals surface area (Å²) in [6, 6.07) is 1.80. The van der Waals surface area contributed by atoms with Gasteiger partial charge in [-0.15, -0.1) is 0 Å². The van der Waals surface area contributed by atoms with Crippen molar-refractivity contribution in [2.45, 2.75) is 20.8 Å². The summed E-state index contributed by atoms with van der Waals surface area (Å²) in [5.41, 5.74) is 0. The summed E-state index contributed by atoms with van der Waals surface area (Å²) < 4.78 is 1.55. The van der Waals surface area contributed by atoms with Gasteiger partial charge in [-0.25, -0.2) is 4.68 Å². The van der Waals surface area contributed by atoms with Crippen molar-refractivity contribution in [3.8, 4) is 5.95 Å². The molecular formula is C12H17ClN6. The Morgan fingerprint density at radius 3 is 2.68 bits per heavy atom. The molecule has 0 bridgehead atoms. The van der Waals surface area contributed by atoms with E-state index in [1.165, 1.54) is 0 Å². The fourth-order valence-corrected chi connectivity index (χ4v) is 1.55. The first-order valence-corrected chi connectivity index (χ1v) is 6.59. The Kier molecular flexibility index (Phi) is 4.31. The number of halogens is 1. The summed E-state index contributed by atoms with van der Waals surface area (Å²) in [5, 5.41) is 7.40. The fraction of sp³-hybridized carbons (Fsp3) is 0.500. The summed E-state index contributed by atoms with van der Waals surface area (Å²) in [4.78, 5) is 12.4. The Bertz CT molecular complexity index is 525. The Morgan fingerprint density at radius 2 is 2.05 bits per heavy atom. The number of rotatable bonds is 5. The van der Waals surface area contributed by atoms with Crippen LogP contribution in [0.3, 0.4) is 0 Å². The molecule has 0 aliphatic carbocycles. The van der Waals surface area contributed by atoms with Crippen LogP contribution in [0.1, 0.15) is 20.8 Å². The van der Waals surface area contributed by atoms with Crippen molar-refractivity contribution in [2.75, 3.05) is 11.9 Å². The van der Waals surface area contributed by atoms with Gasteiger partial charge in [-0.3, -0.25) is 0 Å². The minimum Gasteiger partial charge on any atom is -0.354 e. The molecule has 2 aromatic heterocycles. The quantitative estimate of drug-likeness (QED) is 0.911. The Labute approximate surface area is 117 Å². The van der Waals surface area contributed by atoms with Crippen LogP contribution in [-0.4, -0.2) is 31.3 Å². The van der Waals surface area contributed by atoms with Crippen molar-refractivity contribution in [1.29, 1.82) is 0 Å². The van der Waals surface area contributed by atoms with Crippen LogP contribution in [0.2, 0.25) is 5.28 Å². The van der Waals surface area contributed by atoms with Gasteiger partial charge in [-0.2, -0.15) is 20.1 Å². The highest BCUT2D eigenvalue weighted by molar-refractivity contribution is 6.28. The summed E-state index contributed by atoms with van der Waals surface area (Å²) >= 11 is 5.90. The zero-order chi connectivity index (χ0) is 13.8. The van der Waals surface area contributed by atoms with Gasteiger partial charge in [0.05, 0.1) is 0 Å². The van der Waals surface area contributed by atoms with E-state index >= 15 is 0 Å². The van der Waals surface area contributed by atoms with Gasteiger partial charge in [-0.05, 0) is 29.5 Å². The van der Waals surface area contributed by atoms with E-state index in [4.69, 9.17) is 11.6 Å². The lowest BCUT2D eigenvalue weighted by Gasteiger charge is -2.16. The Morgan fingerprint density at radius 1 is 1.26 bits per heavy atom. The first-order valence-electron chi connectivity index (χ1n) is 6.21. The molecule has 6 nitrogen and oxygen atoms in total. The Hall–Kier alpha value is -1.69. The lowest BCUT2D eigenvalue weighted by atomic mass is 9.98. The van der Waals surface area contributed by atoms with Gasteiger partial charge in [0, 0.05) is 18.9 Å². The number of hydrogen-bond acceptors (Lipinski definition) is 5. The smallest absolute Gasteiger partial charge is 0.256 e. The maximum Gasteiger partial charge on any atom is 0.256 e. The molecule has 2 aromatic rings. The van der Waals surface area contributed by atoms with Crippen molar-refractivity contribution in [2.24, 2.45) is 11.8 Å². The van der Waals surface area contributed by atoms with E-state index in [0.717, 1.165) is 6.54 Å². The fourth-order valence-electron chi connectivity index (χ4n) is 1.40. The van der Waals surface area contributed by atoms with Crippen LogP contribution >= 0.6 is 11.6 Å². The first-order chi connectivity index (χ1) is 9.06. The minimum absolute atomic E-state index is 0.153. The molecule has 7 heteroatoms. The molecule has 0 amide bonds. The highest BCUT2D eigenvalue weighted by Crippen LogP contribution is 2.12. The van der Waals surface area contributed by atoms with Crippen LogP contribution in [0.25, 0.3) is 5.95 Å². The molecule has 102 valence electrons. The molecule has 0 saturated carbocycles. The van der Waals surface area contributed by atoms with Gasteiger partial charge < -0.3 is 5.32 Å². The van der Waals surface area contributed by atoms with Crippen LogP contribution in [0.5, 0.6) is 0 Å². The number of nitrogens with zero attached hydrogens (tertiary/aromatic N) is 5. The molecule has 0 radical (unpaired) electrons. The van der Waals surface area contributed by atoms with Crippen LogP contribution < -0.4 is 5.32 Å². The molecule has 0 aromatic carbocycles. The minimum atomic E-state index is 0.153. The number of aromatic nitrogens is 5. The topological polar surface area (TPSA) is 68.5 Å². The second-order valence-corrected chi connectivity index (χ2v) is 5.12. The van der Waals surface area contributed by atoms with Crippen molar-refractivity contribution in [3.63, 3.8) is 0 Å². The molecule has 1 atom stereocenters. The van der Waals surface area contributed by atoms with Crippen LogP contribution in [0.15, 0.2) is 18.5 Å². The first kappa shape index (κ1) is 13.7. The highest BCUT2D eigenvalue weighted by atomic mass is 35.5. The molecule has 0 saturated heterocycles. The van der Waals surface area contributed by atoms with Gasteiger partial charge >= 0.3 is 0 Å². The maximum absolute atomic E-state index is 5.90. The van der Waals surface area contributed by atoms with E-state index in [1.54, 1.807) is 23.1 Å². The van der Waals surface area contributed by atoms with Gasteiger partial charge in [0.15, 0.2) is 0 Å². The molecule has 2 heterocycles. The van der Waals surface area contributed by atoms with Gasteiger partial charge in [0.2, 0.25) is 11.2 Å². The lowest BCUT2D eigenvalue weighted by Crippen LogP contribution is -2.18. The van der Waals surface area contributed by atoms with Gasteiger partial charge in [0.1, 0.15) is 0 Å². The van der Waals surface area contributed by atoms with E-state index in [0.29, 0.717) is 23.7 Å². The normalized spacial score (nSPS) is 12.7. The molecule has 1 unspecified atom stereocenters. The van der Waals surface area contributed by atoms with E-state index in [-0.39, 0.29) is 5.28 Å². The van der Waals surface area contributed by atoms with Crippen molar-refractivity contribution >= 4 is 17.5 Å². The van der Waals surface area contributed by atoms with Crippen LogP contribution in [-0.2, 0) is 0 Å². The lowest BCUT2D eigenvalue weighted by molar-refractivity contribution is 0.439. The molecule has 0 fully saturated rings. The van der Waals surface area contributed by atoms with Gasteiger partial charge in [-0.1, -0.05) is 20.8 Å². The number of hydrogen-bond donors (Lipinski definition) is 1. The summed E-state index contributed by atoms with van der Waals surface area (Å²) in [7, 11) is 0. The predicted molar refractivity (Wildman–Crippen MR) is 74.5 cm³/mol. The van der Waals surface area contributed by atoms with Gasteiger partial charge in [0.25, 0.3) is 5.95 Å². The standard InChI is InChI=1S/C12H17ClN6/c1-8(2)9(3)7-14-11-16-10(13)17-12(18-11)19-6-4-5-15-19/h4-6,8-9H,7H2,1-3H3,(H,14,16,17,18). The SMILES string of the molecule is CC(C)C(C)CNc1nc(Cl)nc(-n2cccn2)n1. The number of nitrogens with one attached hydrogen (secondary N) is 1.